The number of hydrogen-bond donors (Lipinski definition) is 1. The molecule has 1 aromatic heterocycles. The Bertz CT molecular complexity index is 1110. The largest absolute Gasteiger partial charge is 0.497 e. The van der Waals surface area contributed by atoms with Gasteiger partial charge in [-0.15, -0.1) is 0 Å². The van der Waals surface area contributed by atoms with Crippen LogP contribution in [0.3, 0.4) is 0 Å². The van der Waals surface area contributed by atoms with Gasteiger partial charge in [0.1, 0.15) is 17.1 Å². The Morgan fingerprint density at radius 1 is 1.29 bits per heavy atom. The maximum atomic E-state index is 12.7. The van der Waals surface area contributed by atoms with Crippen LogP contribution in [0.5, 0.6) is 5.75 Å². The molecular weight excluding hydrogens is 396 g/mol. The Hall–Kier alpha value is -3.16. The summed E-state index contributed by atoms with van der Waals surface area (Å²) in [6.45, 7) is 2.44. The lowest BCUT2D eigenvalue weighted by Crippen LogP contribution is -2.33. The SMILES string of the molecule is COc1cccc(CNC(=O)c2cn3c(nc2=O)C[C@@]2(CCN(C(=O)C4CC4)C2)C3)c1. The van der Waals surface area contributed by atoms with Crippen molar-refractivity contribution in [1.82, 2.24) is 19.8 Å². The highest BCUT2D eigenvalue weighted by atomic mass is 16.5. The van der Waals surface area contributed by atoms with Gasteiger partial charge in [-0.1, -0.05) is 12.1 Å². The predicted octanol–water partition coefficient (Wildman–Crippen LogP) is 1.37. The summed E-state index contributed by atoms with van der Waals surface area (Å²) in [5.41, 5.74) is 0.349. The molecule has 5 rings (SSSR count). The highest BCUT2D eigenvalue weighted by Crippen LogP contribution is 2.42. The van der Waals surface area contributed by atoms with E-state index in [0.717, 1.165) is 31.4 Å². The normalized spacial score (nSPS) is 21.9. The molecule has 1 atom stereocenters. The van der Waals surface area contributed by atoms with Crippen LogP contribution < -0.4 is 15.6 Å². The molecule has 1 saturated heterocycles. The average molecular weight is 422 g/mol. The van der Waals surface area contributed by atoms with Gasteiger partial charge in [0.15, 0.2) is 0 Å². The van der Waals surface area contributed by atoms with Gasteiger partial charge in [0, 0.05) is 50.1 Å². The fraction of sp³-hybridized carbons (Fsp3) is 0.478. The van der Waals surface area contributed by atoms with E-state index in [-0.39, 0.29) is 22.8 Å². The highest BCUT2D eigenvalue weighted by Gasteiger charge is 2.47. The summed E-state index contributed by atoms with van der Waals surface area (Å²) in [4.78, 5) is 43.8. The van der Waals surface area contributed by atoms with Crippen molar-refractivity contribution in [2.75, 3.05) is 20.2 Å². The first-order chi connectivity index (χ1) is 15.0. The molecular formula is C23H26N4O4. The van der Waals surface area contributed by atoms with Crippen LogP contribution in [-0.2, 0) is 24.3 Å². The van der Waals surface area contributed by atoms with E-state index in [0.29, 0.717) is 37.6 Å². The lowest BCUT2D eigenvalue weighted by molar-refractivity contribution is -0.131. The number of carbonyl (C=O) groups excluding carboxylic acids is 2. The van der Waals surface area contributed by atoms with Crippen molar-refractivity contribution in [2.45, 2.75) is 38.8 Å². The summed E-state index contributed by atoms with van der Waals surface area (Å²) < 4.78 is 7.12. The van der Waals surface area contributed by atoms with E-state index in [4.69, 9.17) is 4.74 Å². The number of benzene rings is 1. The molecule has 0 radical (unpaired) electrons. The zero-order chi connectivity index (χ0) is 21.6. The van der Waals surface area contributed by atoms with Gasteiger partial charge in [-0.3, -0.25) is 14.4 Å². The molecule has 1 saturated carbocycles. The number of methoxy groups -OCH3 is 1. The highest BCUT2D eigenvalue weighted by molar-refractivity contribution is 5.93. The van der Waals surface area contributed by atoms with Gasteiger partial charge >= 0.3 is 0 Å². The number of likely N-dealkylation sites (tertiary alicyclic amines) is 1. The average Bonchev–Trinajstić information content (AvgIpc) is 3.46. The van der Waals surface area contributed by atoms with Gasteiger partial charge in [-0.2, -0.15) is 4.98 Å². The van der Waals surface area contributed by atoms with E-state index in [1.807, 2.05) is 33.7 Å². The van der Waals surface area contributed by atoms with Crippen LogP contribution in [-0.4, -0.2) is 46.5 Å². The van der Waals surface area contributed by atoms with Gasteiger partial charge in [-0.25, -0.2) is 0 Å². The van der Waals surface area contributed by atoms with Crippen LogP contribution >= 0.6 is 0 Å². The summed E-state index contributed by atoms with van der Waals surface area (Å²) in [5.74, 6) is 1.47. The second-order valence-corrected chi connectivity index (χ2v) is 9.00. The molecule has 1 aromatic carbocycles. The third-order valence-electron chi connectivity index (χ3n) is 6.62. The molecule has 3 aliphatic rings. The Labute approximate surface area is 180 Å². The van der Waals surface area contributed by atoms with Gasteiger partial charge in [0.05, 0.1) is 7.11 Å². The second-order valence-electron chi connectivity index (χ2n) is 9.00. The Morgan fingerprint density at radius 2 is 2.13 bits per heavy atom. The summed E-state index contributed by atoms with van der Waals surface area (Å²) >= 11 is 0. The van der Waals surface area contributed by atoms with Crippen LogP contribution in [0.1, 0.15) is 41.0 Å². The van der Waals surface area contributed by atoms with Crippen molar-refractivity contribution in [3.05, 3.63) is 57.8 Å². The maximum Gasteiger partial charge on any atom is 0.285 e. The molecule has 2 fully saturated rings. The molecule has 0 bridgehead atoms. The first-order valence-electron chi connectivity index (χ1n) is 10.8. The number of aromatic nitrogens is 2. The minimum absolute atomic E-state index is 0.0487. The fourth-order valence-corrected chi connectivity index (χ4v) is 4.76. The van der Waals surface area contributed by atoms with Crippen LogP contribution in [0.4, 0.5) is 0 Å². The lowest BCUT2D eigenvalue weighted by Gasteiger charge is -2.22. The monoisotopic (exact) mass is 422 g/mol. The van der Waals surface area contributed by atoms with E-state index < -0.39 is 11.5 Å². The van der Waals surface area contributed by atoms with Crippen molar-refractivity contribution in [3.63, 3.8) is 0 Å². The molecule has 1 aliphatic carbocycles. The van der Waals surface area contributed by atoms with Gasteiger partial charge in [0.25, 0.3) is 11.5 Å². The van der Waals surface area contributed by atoms with Crippen molar-refractivity contribution in [2.24, 2.45) is 11.3 Å². The number of ether oxygens (including phenoxy) is 1. The number of carbonyl (C=O) groups is 2. The van der Waals surface area contributed by atoms with E-state index in [1.54, 1.807) is 13.3 Å². The van der Waals surface area contributed by atoms with Crippen LogP contribution in [0.2, 0.25) is 0 Å². The second kappa shape index (κ2) is 7.51. The van der Waals surface area contributed by atoms with Gasteiger partial charge in [0.2, 0.25) is 5.91 Å². The van der Waals surface area contributed by atoms with Crippen LogP contribution in [0.15, 0.2) is 35.3 Å². The van der Waals surface area contributed by atoms with Gasteiger partial charge < -0.3 is 19.5 Å². The van der Waals surface area contributed by atoms with Crippen molar-refractivity contribution >= 4 is 11.8 Å². The zero-order valence-corrected chi connectivity index (χ0v) is 17.6. The Kier molecular flexibility index (Phi) is 4.79. The molecule has 1 N–H and O–H groups in total. The minimum atomic E-state index is -0.504. The van der Waals surface area contributed by atoms with E-state index in [2.05, 4.69) is 10.3 Å². The minimum Gasteiger partial charge on any atom is -0.497 e. The van der Waals surface area contributed by atoms with Gasteiger partial charge in [-0.05, 0) is 37.0 Å². The van der Waals surface area contributed by atoms with Crippen LogP contribution in [0, 0.1) is 11.3 Å². The molecule has 0 unspecified atom stereocenters. The van der Waals surface area contributed by atoms with E-state index in [1.165, 1.54) is 0 Å². The summed E-state index contributed by atoms with van der Waals surface area (Å²) in [5, 5.41) is 2.80. The Morgan fingerprint density at radius 3 is 2.90 bits per heavy atom. The number of amides is 2. The number of nitrogens with zero attached hydrogens (tertiary/aromatic N) is 3. The Balaban J connectivity index is 1.28. The molecule has 8 heteroatoms. The molecule has 3 heterocycles. The van der Waals surface area contributed by atoms with Crippen molar-refractivity contribution < 1.29 is 14.3 Å². The maximum absolute atomic E-state index is 12.7. The van der Waals surface area contributed by atoms with Crippen molar-refractivity contribution in [3.8, 4) is 5.75 Å². The number of nitrogens with one attached hydrogen (secondary N) is 1. The summed E-state index contributed by atoms with van der Waals surface area (Å²) in [6.07, 6.45) is 5.22. The molecule has 2 aromatic rings. The molecule has 1 spiro atoms. The first kappa shape index (κ1) is 19.8. The summed E-state index contributed by atoms with van der Waals surface area (Å²) in [6, 6.07) is 7.41. The van der Waals surface area contributed by atoms with E-state index >= 15 is 0 Å². The van der Waals surface area contributed by atoms with Crippen molar-refractivity contribution in [1.29, 1.82) is 0 Å². The predicted molar refractivity (Wildman–Crippen MR) is 113 cm³/mol. The number of fused-ring (bicyclic) bond motifs is 1. The first-order valence-corrected chi connectivity index (χ1v) is 10.8. The third kappa shape index (κ3) is 3.82. The number of rotatable bonds is 5. The molecule has 31 heavy (non-hydrogen) atoms. The standard InChI is InChI=1S/C23H26N4O4/c1-31-17-4-2-3-15(9-17)11-24-20(28)18-12-27-14-23(10-19(27)25-21(18)29)7-8-26(13-23)22(30)16-5-6-16/h2-4,9,12,16H,5-8,10-11,13-14H2,1H3,(H,24,28)/t23-/m1/s1. The molecule has 2 aliphatic heterocycles. The zero-order valence-electron chi connectivity index (χ0n) is 17.6. The fourth-order valence-electron chi connectivity index (χ4n) is 4.76. The lowest BCUT2D eigenvalue weighted by atomic mass is 9.86. The van der Waals surface area contributed by atoms with E-state index in [9.17, 15) is 14.4 Å². The van der Waals surface area contributed by atoms with Crippen LogP contribution in [0.25, 0.3) is 0 Å². The smallest absolute Gasteiger partial charge is 0.285 e. The topological polar surface area (TPSA) is 93.5 Å². The third-order valence-corrected chi connectivity index (χ3v) is 6.62. The quantitative estimate of drug-likeness (QED) is 0.786. The molecule has 8 nitrogen and oxygen atoms in total. The summed E-state index contributed by atoms with van der Waals surface area (Å²) in [7, 11) is 1.59. The molecule has 162 valence electrons. The molecule has 2 amide bonds. The number of hydrogen-bond acceptors (Lipinski definition) is 5.